The Labute approximate surface area is 162 Å². The maximum Gasteiger partial charge on any atom is 0.251 e. The molecule has 5 nitrogen and oxygen atoms in total. The monoisotopic (exact) mass is 369 g/mol. The summed E-state index contributed by atoms with van der Waals surface area (Å²) in [6.07, 6.45) is 0.776. The molecule has 0 aliphatic carbocycles. The molecular weight excluding hydrogens is 350 g/mol. The van der Waals surface area contributed by atoms with Crippen LogP contribution in [0.15, 0.2) is 48.5 Å². The maximum absolute atomic E-state index is 12.0. The van der Waals surface area contributed by atoms with Crippen LogP contribution < -0.4 is 10.6 Å². The van der Waals surface area contributed by atoms with Crippen molar-refractivity contribution in [1.82, 2.24) is 15.6 Å². The first-order valence-electron chi connectivity index (χ1n) is 9.47. The van der Waals surface area contributed by atoms with E-state index in [9.17, 15) is 9.59 Å². The minimum Gasteiger partial charge on any atom is -0.348 e. The van der Waals surface area contributed by atoms with Gasteiger partial charge in [0.15, 0.2) is 0 Å². The number of hydrogen-bond acceptors (Lipinski definition) is 3. The standard InChI is InChI=1S/C23H19N3O2/c1-2-20-17(13-3-5-15-11-24-22(27)18(15)9-13)7-8-21(26-20)14-4-6-16-12-25-23(28)19(16)10-14/h3-10H,2,11-12H2,1H3,(H,24,27)(H,25,28). The van der Waals surface area contributed by atoms with E-state index in [1.807, 2.05) is 36.4 Å². The molecule has 0 unspecified atom stereocenters. The summed E-state index contributed by atoms with van der Waals surface area (Å²) in [5.74, 6) is -0.0449. The molecule has 2 aliphatic rings. The van der Waals surface area contributed by atoms with Crippen LogP contribution in [0.1, 0.15) is 44.5 Å². The molecule has 2 amide bonds. The lowest BCUT2D eigenvalue weighted by molar-refractivity contribution is 0.0957. The first kappa shape index (κ1) is 16.7. The van der Waals surface area contributed by atoms with Crippen LogP contribution in [0.4, 0.5) is 0 Å². The lowest BCUT2D eigenvalue weighted by Crippen LogP contribution is -2.12. The van der Waals surface area contributed by atoms with Gasteiger partial charge in [0.25, 0.3) is 11.8 Å². The Morgan fingerprint density at radius 3 is 2.04 bits per heavy atom. The molecule has 2 aromatic carbocycles. The summed E-state index contributed by atoms with van der Waals surface area (Å²) in [6.45, 7) is 3.26. The van der Waals surface area contributed by atoms with Crippen LogP contribution in [0.3, 0.4) is 0 Å². The summed E-state index contributed by atoms with van der Waals surface area (Å²) in [5, 5.41) is 5.71. The predicted molar refractivity (Wildman–Crippen MR) is 107 cm³/mol. The third-order valence-corrected chi connectivity index (χ3v) is 5.50. The van der Waals surface area contributed by atoms with E-state index in [1.54, 1.807) is 0 Å². The molecule has 2 aliphatic heterocycles. The Morgan fingerprint density at radius 2 is 1.39 bits per heavy atom. The zero-order chi connectivity index (χ0) is 19.3. The topological polar surface area (TPSA) is 71.1 Å². The second-order valence-electron chi connectivity index (χ2n) is 7.15. The van der Waals surface area contributed by atoms with Gasteiger partial charge >= 0.3 is 0 Å². The van der Waals surface area contributed by atoms with E-state index in [-0.39, 0.29) is 11.8 Å². The fourth-order valence-electron chi connectivity index (χ4n) is 3.95. The van der Waals surface area contributed by atoms with Crippen molar-refractivity contribution in [2.45, 2.75) is 26.4 Å². The van der Waals surface area contributed by atoms with Crippen molar-refractivity contribution in [2.75, 3.05) is 0 Å². The Kier molecular flexibility index (Phi) is 3.76. The average Bonchev–Trinajstić information content (AvgIpc) is 3.29. The van der Waals surface area contributed by atoms with Crippen molar-refractivity contribution in [1.29, 1.82) is 0 Å². The molecule has 138 valence electrons. The number of carbonyl (C=O) groups is 2. The summed E-state index contributed by atoms with van der Waals surface area (Å²) < 4.78 is 0. The molecule has 0 atom stereocenters. The number of nitrogens with zero attached hydrogens (tertiary/aromatic N) is 1. The molecule has 3 aromatic rings. The third-order valence-electron chi connectivity index (χ3n) is 5.50. The molecule has 5 heteroatoms. The van der Waals surface area contributed by atoms with E-state index in [1.165, 1.54) is 0 Å². The van der Waals surface area contributed by atoms with Crippen molar-refractivity contribution in [3.63, 3.8) is 0 Å². The number of aryl methyl sites for hydroxylation is 1. The highest BCUT2D eigenvalue weighted by Gasteiger charge is 2.21. The zero-order valence-electron chi connectivity index (χ0n) is 15.5. The van der Waals surface area contributed by atoms with Crippen LogP contribution in [-0.4, -0.2) is 16.8 Å². The smallest absolute Gasteiger partial charge is 0.251 e. The van der Waals surface area contributed by atoms with Crippen LogP contribution in [0.25, 0.3) is 22.4 Å². The quantitative estimate of drug-likeness (QED) is 0.743. The minimum absolute atomic E-state index is 0.0177. The van der Waals surface area contributed by atoms with Gasteiger partial charge < -0.3 is 10.6 Å². The van der Waals surface area contributed by atoms with Crippen LogP contribution in [0.5, 0.6) is 0 Å². The van der Waals surface area contributed by atoms with E-state index < -0.39 is 0 Å². The number of pyridine rings is 1. The molecule has 1 aromatic heterocycles. The Hall–Kier alpha value is -3.47. The Bertz CT molecular complexity index is 1150. The molecule has 2 N–H and O–H groups in total. The first-order chi connectivity index (χ1) is 13.6. The Morgan fingerprint density at radius 1 is 0.786 bits per heavy atom. The molecule has 0 radical (unpaired) electrons. The summed E-state index contributed by atoms with van der Waals surface area (Å²) in [6, 6.07) is 16.0. The van der Waals surface area contributed by atoms with Crippen LogP contribution >= 0.6 is 0 Å². The second kappa shape index (κ2) is 6.30. The molecule has 5 rings (SSSR count). The molecule has 3 heterocycles. The summed E-state index contributed by atoms with van der Waals surface area (Å²) in [7, 11) is 0. The molecule has 0 saturated heterocycles. The number of nitrogens with one attached hydrogen (secondary N) is 2. The third kappa shape index (κ3) is 2.59. The van der Waals surface area contributed by atoms with Gasteiger partial charge in [0, 0.05) is 41.0 Å². The molecule has 0 saturated carbocycles. The van der Waals surface area contributed by atoms with Gasteiger partial charge in [0.1, 0.15) is 0 Å². The van der Waals surface area contributed by atoms with Gasteiger partial charge in [0.05, 0.1) is 5.69 Å². The van der Waals surface area contributed by atoms with Crippen molar-refractivity contribution in [3.05, 3.63) is 76.5 Å². The van der Waals surface area contributed by atoms with Crippen molar-refractivity contribution >= 4 is 11.8 Å². The number of fused-ring (bicyclic) bond motifs is 2. The van der Waals surface area contributed by atoms with Crippen LogP contribution in [0, 0.1) is 0 Å². The summed E-state index contributed by atoms with van der Waals surface area (Å²) in [4.78, 5) is 28.8. The molecule has 28 heavy (non-hydrogen) atoms. The summed E-state index contributed by atoms with van der Waals surface area (Å²) in [5.41, 5.74) is 8.32. The summed E-state index contributed by atoms with van der Waals surface area (Å²) >= 11 is 0. The van der Waals surface area contributed by atoms with Gasteiger partial charge in [-0.05, 0) is 41.3 Å². The van der Waals surface area contributed by atoms with E-state index in [0.717, 1.165) is 56.8 Å². The second-order valence-corrected chi connectivity index (χ2v) is 7.15. The predicted octanol–water partition coefficient (Wildman–Crippen LogP) is 3.46. The van der Waals surface area contributed by atoms with E-state index in [4.69, 9.17) is 4.98 Å². The highest BCUT2D eigenvalue weighted by molar-refractivity contribution is 6.00. The van der Waals surface area contributed by atoms with Crippen molar-refractivity contribution in [3.8, 4) is 22.4 Å². The van der Waals surface area contributed by atoms with E-state index in [2.05, 4.69) is 29.7 Å². The van der Waals surface area contributed by atoms with Crippen LogP contribution in [-0.2, 0) is 19.5 Å². The normalized spacial score (nSPS) is 14.5. The van der Waals surface area contributed by atoms with Gasteiger partial charge in [-0.1, -0.05) is 37.3 Å². The number of hydrogen-bond donors (Lipinski definition) is 2. The Balaban J connectivity index is 1.56. The SMILES string of the molecule is CCc1nc(-c2ccc3c(c2)C(=O)NC3)ccc1-c1ccc2c(c1)C(=O)NC2. The lowest BCUT2D eigenvalue weighted by atomic mass is 9.97. The first-order valence-corrected chi connectivity index (χ1v) is 9.47. The number of amides is 2. The van der Waals surface area contributed by atoms with Gasteiger partial charge in [0.2, 0.25) is 0 Å². The molecule has 0 spiro atoms. The van der Waals surface area contributed by atoms with Gasteiger partial charge in [-0.15, -0.1) is 0 Å². The largest absolute Gasteiger partial charge is 0.348 e. The lowest BCUT2D eigenvalue weighted by Gasteiger charge is -2.11. The van der Waals surface area contributed by atoms with Gasteiger partial charge in [-0.3, -0.25) is 14.6 Å². The number of aromatic nitrogens is 1. The minimum atomic E-state index is -0.0272. The highest BCUT2D eigenvalue weighted by Crippen LogP contribution is 2.30. The number of rotatable bonds is 3. The van der Waals surface area contributed by atoms with E-state index >= 15 is 0 Å². The average molecular weight is 369 g/mol. The van der Waals surface area contributed by atoms with Crippen molar-refractivity contribution < 1.29 is 9.59 Å². The van der Waals surface area contributed by atoms with Gasteiger partial charge in [-0.25, -0.2) is 0 Å². The van der Waals surface area contributed by atoms with Crippen molar-refractivity contribution in [2.24, 2.45) is 0 Å². The zero-order valence-corrected chi connectivity index (χ0v) is 15.5. The molecule has 0 bridgehead atoms. The van der Waals surface area contributed by atoms with Crippen LogP contribution in [0.2, 0.25) is 0 Å². The van der Waals surface area contributed by atoms with Gasteiger partial charge in [-0.2, -0.15) is 0 Å². The molecular formula is C23H19N3O2. The fraction of sp³-hybridized carbons (Fsp3) is 0.174. The van der Waals surface area contributed by atoms with E-state index in [0.29, 0.717) is 13.1 Å². The molecule has 0 fully saturated rings. The fourth-order valence-corrected chi connectivity index (χ4v) is 3.95. The maximum atomic E-state index is 12.0. The number of carbonyl (C=O) groups excluding carboxylic acids is 2. The number of benzene rings is 2. The highest BCUT2D eigenvalue weighted by atomic mass is 16.2.